The van der Waals surface area contributed by atoms with E-state index in [9.17, 15) is 28.0 Å². The number of halogens is 2. The zero-order valence-electron chi connectivity index (χ0n) is 15.2. The van der Waals surface area contributed by atoms with Crippen LogP contribution in [0.4, 0.5) is 8.78 Å². The predicted octanol–water partition coefficient (Wildman–Crippen LogP) is 1.50. The van der Waals surface area contributed by atoms with Crippen molar-refractivity contribution >= 4 is 23.6 Å². The highest BCUT2D eigenvalue weighted by Gasteiger charge is 2.34. The molecule has 0 atom stereocenters. The Balaban J connectivity index is 1.40. The lowest BCUT2D eigenvalue weighted by molar-refractivity contribution is -0.121. The molecule has 0 spiro atoms. The van der Waals surface area contributed by atoms with Gasteiger partial charge in [-0.1, -0.05) is 12.1 Å². The first kappa shape index (κ1) is 20.1. The van der Waals surface area contributed by atoms with Gasteiger partial charge in [0.2, 0.25) is 5.91 Å². The summed E-state index contributed by atoms with van der Waals surface area (Å²) in [4.78, 5) is 49.2. The highest BCUT2D eigenvalue weighted by molar-refractivity contribution is 6.21. The van der Waals surface area contributed by atoms with Gasteiger partial charge in [-0.25, -0.2) is 8.78 Å². The summed E-state index contributed by atoms with van der Waals surface area (Å²) >= 11 is 0. The third-order valence-corrected chi connectivity index (χ3v) is 4.35. The lowest BCUT2D eigenvalue weighted by Gasteiger charge is -2.13. The van der Waals surface area contributed by atoms with Crippen LogP contribution in [-0.2, 0) is 4.79 Å². The van der Waals surface area contributed by atoms with E-state index in [4.69, 9.17) is 0 Å². The van der Waals surface area contributed by atoms with Crippen molar-refractivity contribution in [1.82, 2.24) is 15.5 Å². The van der Waals surface area contributed by atoms with E-state index in [1.165, 1.54) is 0 Å². The molecule has 1 heterocycles. The maximum atomic E-state index is 13.5. The van der Waals surface area contributed by atoms with Crippen LogP contribution in [0.5, 0.6) is 0 Å². The van der Waals surface area contributed by atoms with Crippen LogP contribution in [0.15, 0.2) is 42.5 Å². The molecule has 150 valence electrons. The molecule has 9 heteroatoms. The molecule has 0 aliphatic carbocycles. The Hall–Kier alpha value is -3.62. The van der Waals surface area contributed by atoms with Crippen LogP contribution in [0.1, 0.15) is 37.5 Å². The monoisotopic (exact) mass is 401 g/mol. The lowest BCUT2D eigenvalue weighted by Crippen LogP contribution is -2.37. The quantitative estimate of drug-likeness (QED) is 0.543. The Labute approximate surface area is 164 Å². The summed E-state index contributed by atoms with van der Waals surface area (Å²) in [5.41, 5.74) is 0.325. The molecule has 0 fully saturated rings. The van der Waals surface area contributed by atoms with Crippen LogP contribution in [-0.4, -0.2) is 48.2 Å². The molecule has 3 rings (SSSR count). The predicted molar refractivity (Wildman–Crippen MR) is 98.1 cm³/mol. The van der Waals surface area contributed by atoms with Gasteiger partial charge in [0.05, 0.1) is 16.7 Å². The second kappa shape index (κ2) is 8.59. The van der Waals surface area contributed by atoms with Gasteiger partial charge in [-0.15, -0.1) is 0 Å². The number of carbonyl (C=O) groups excluding carboxylic acids is 4. The Morgan fingerprint density at radius 1 is 0.897 bits per heavy atom. The Bertz CT molecular complexity index is 958. The maximum Gasteiger partial charge on any atom is 0.261 e. The minimum atomic E-state index is -0.979. The van der Waals surface area contributed by atoms with E-state index in [1.54, 1.807) is 24.3 Å². The highest BCUT2D eigenvalue weighted by atomic mass is 19.1. The molecule has 0 saturated heterocycles. The second-order valence-electron chi connectivity index (χ2n) is 6.29. The summed E-state index contributed by atoms with van der Waals surface area (Å²) in [6.07, 6.45) is -0.0913. The van der Waals surface area contributed by atoms with E-state index in [0.717, 1.165) is 17.0 Å². The number of benzene rings is 2. The minimum absolute atomic E-state index is 0.0222. The van der Waals surface area contributed by atoms with E-state index in [1.807, 2.05) is 0 Å². The number of hydrogen-bond acceptors (Lipinski definition) is 4. The van der Waals surface area contributed by atoms with Crippen molar-refractivity contribution in [3.05, 3.63) is 70.8 Å². The van der Waals surface area contributed by atoms with Crippen molar-refractivity contribution < 1.29 is 28.0 Å². The van der Waals surface area contributed by atoms with Crippen molar-refractivity contribution in [3.8, 4) is 0 Å². The summed E-state index contributed by atoms with van der Waals surface area (Å²) in [6, 6.07) is 9.04. The average Bonchev–Trinajstić information content (AvgIpc) is 2.94. The Morgan fingerprint density at radius 2 is 1.52 bits per heavy atom. The summed E-state index contributed by atoms with van der Waals surface area (Å²) in [5.74, 6) is -3.79. The second-order valence-corrected chi connectivity index (χ2v) is 6.29. The lowest BCUT2D eigenvalue weighted by atomic mass is 10.1. The molecule has 1 aliphatic heterocycles. The fourth-order valence-electron chi connectivity index (χ4n) is 2.89. The average molecular weight is 401 g/mol. The third kappa shape index (κ3) is 4.45. The molecule has 0 aromatic heterocycles. The largest absolute Gasteiger partial charge is 0.354 e. The van der Waals surface area contributed by atoms with E-state index in [-0.39, 0.29) is 31.6 Å². The van der Waals surface area contributed by atoms with Gasteiger partial charge in [0.1, 0.15) is 11.6 Å². The molecule has 0 saturated carbocycles. The summed E-state index contributed by atoms with van der Waals surface area (Å²) in [7, 11) is 0. The SMILES string of the molecule is O=C(CCN1C(=O)c2ccccc2C1=O)NCCNC(=O)c1ccc(F)cc1F. The van der Waals surface area contributed by atoms with Gasteiger partial charge in [-0.2, -0.15) is 0 Å². The van der Waals surface area contributed by atoms with Gasteiger partial charge in [-0.3, -0.25) is 24.1 Å². The van der Waals surface area contributed by atoms with Crippen molar-refractivity contribution in [1.29, 1.82) is 0 Å². The first-order valence-electron chi connectivity index (χ1n) is 8.83. The molecule has 2 aromatic rings. The van der Waals surface area contributed by atoms with Crippen LogP contribution in [0.2, 0.25) is 0 Å². The number of nitrogens with zero attached hydrogens (tertiary/aromatic N) is 1. The summed E-state index contributed by atoms with van der Waals surface area (Å²) < 4.78 is 26.4. The van der Waals surface area contributed by atoms with E-state index in [2.05, 4.69) is 10.6 Å². The van der Waals surface area contributed by atoms with Crippen LogP contribution < -0.4 is 10.6 Å². The molecule has 2 N–H and O–H groups in total. The van der Waals surface area contributed by atoms with Crippen LogP contribution in [0, 0.1) is 11.6 Å². The minimum Gasteiger partial charge on any atom is -0.354 e. The topological polar surface area (TPSA) is 95.6 Å². The molecule has 1 aliphatic rings. The maximum absolute atomic E-state index is 13.5. The number of fused-ring (bicyclic) bond motifs is 1. The van der Waals surface area contributed by atoms with Gasteiger partial charge in [-0.05, 0) is 24.3 Å². The molecule has 0 radical (unpaired) electrons. The van der Waals surface area contributed by atoms with Crippen LogP contribution in [0.3, 0.4) is 0 Å². The molecular weight excluding hydrogens is 384 g/mol. The van der Waals surface area contributed by atoms with Crippen LogP contribution in [0.25, 0.3) is 0 Å². The molecule has 2 aromatic carbocycles. The molecular formula is C20H17F2N3O4. The molecule has 7 nitrogen and oxygen atoms in total. The van der Waals surface area contributed by atoms with Crippen molar-refractivity contribution in [2.45, 2.75) is 6.42 Å². The number of amides is 4. The molecule has 4 amide bonds. The number of rotatable bonds is 7. The molecule has 0 unspecified atom stereocenters. The van der Waals surface area contributed by atoms with Crippen molar-refractivity contribution in [2.75, 3.05) is 19.6 Å². The number of hydrogen-bond donors (Lipinski definition) is 2. The van der Waals surface area contributed by atoms with E-state index in [0.29, 0.717) is 17.2 Å². The zero-order chi connectivity index (χ0) is 21.0. The molecule has 0 bridgehead atoms. The van der Waals surface area contributed by atoms with Gasteiger partial charge in [0, 0.05) is 32.1 Å². The Morgan fingerprint density at radius 3 is 2.14 bits per heavy atom. The number of nitrogens with one attached hydrogen (secondary N) is 2. The van der Waals surface area contributed by atoms with Crippen LogP contribution >= 0.6 is 0 Å². The summed E-state index contributed by atoms with van der Waals surface area (Å²) in [5, 5.41) is 4.93. The zero-order valence-corrected chi connectivity index (χ0v) is 15.2. The first-order chi connectivity index (χ1) is 13.9. The third-order valence-electron chi connectivity index (χ3n) is 4.35. The van der Waals surface area contributed by atoms with Crippen molar-refractivity contribution in [3.63, 3.8) is 0 Å². The van der Waals surface area contributed by atoms with E-state index >= 15 is 0 Å². The highest BCUT2D eigenvalue weighted by Crippen LogP contribution is 2.22. The van der Waals surface area contributed by atoms with E-state index < -0.39 is 35.3 Å². The normalized spacial score (nSPS) is 12.7. The van der Waals surface area contributed by atoms with Gasteiger partial charge in [0.25, 0.3) is 17.7 Å². The number of imide groups is 1. The summed E-state index contributed by atoms with van der Waals surface area (Å²) in [6.45, 7) is 0.0231. The first-order valence-corrected chi connectivity index (χ1v) is 8.83. The fraction of sp³-hybridized carbons (Fsp3) is 0.200. The van der Waals surface area contributed by atoms with Gasteiger partial charge in [0.15, 0.2) is 0 Å². The Kier molecular flexibility index (Phi) is 5.96. The molecule has 29 heavy (non-hydrogen) atoms. The smallest absolute Gasteiger partial charge is 0.261 e. The number of carbonyl (C=O) groups is 4. The fourth-order valence-corrected chi connectivity index (χ4v) is 2.89. The standard InChI is InChI=1S/C20H17F2N3O4/c21-12-5-6-15(16(22)11-12)18(27)24-9-8-23-17(26)7-10-25-19(28)13-3-1-2-4-14(13)20(25)29/h1-6,11H,7-10H2,(H,23,26)(H,24,27). The van der Waals surface area contributed by atoms with Gasteiger partial charge >= 0.3 is 0 Å². The van der Waals surface area contributed by atoms with Gasteiger partial charge < -0.3 is 10.6 Å². The van der Waals surface area contributed by atoms with Crippen molar-refractivity contribution in [2.24, 2.45) is 0 Å².